The fraction of sp³-hybridized carbons (Fsp3) is 0.533. The van der Waals surface area contributed by atoms with Gasteiger partial charge in [-0.25, -0.2) is 4.68 Å². The van der Waals surface area contributed by atoms with Crippen molar-refractivity contribution in [3.05, 3.63) is 30.1 Å². The summed E-state index contributed by atoms with van der Waals surface area (Å²) in [6.07, 6.45) is 2.40. The lowest BCUT2D eigenvalue weighted by Gasteiger charge is -2.35. The quantitative estimate of drug-likeness (QED) is 0.909. The zero-order valence-corrected chi connectivity index (χ0v) is 12.5. The van der Waals surface area contributed by atoms with Crippen molar-refractivity contribution in [3.8, 4) is 5.75 Å². The average Bonchev–Trinajstić information content (AvgIpc) is 3.29. The first kappa shape index (κ1) is 13.5. The molecule has 0 radical (unpaired) electrons. The predicted octanol–water partition coefficient (Wildman–Crippen LogP) is 1.04. The van der Waals surface area contributed by atoms with Gasteiger partial charge in [0.25, 0.3) is 0 Å². The molecule has 0 bridgehead atoms. The Morgan fingerprint density at radius 2 is 1.77 bits per heavy atom. The summed E-state index contributed by atoms with van der Waals surface area (Å²) in [5.41, 5.74) is 1.17. The number of aromatic hydroxyl groups is 1. The summed E-state index contributed by atoms with van der Waals surface area (Å²) in [7, 11) is 0. The van der Waals surface area contributed by atoms with Crippen molar-refractivity contribution in [3.63, 3.8) is 0 Å². The number of rotatable bonds is 4. The van der Waals surface area contributed by atoms with E-state index in [0.717, 1.165) is 38.5 Å². The van der Waals surface area contributed by atoms with Crippen LogP contribution in [0.5, 0.6) is 5.75 Å². The molecule has 0 amide bonds. The van der Waals surface area contributed by atoms with Gasteiger partial charge < -0.3 is 10.0 Å². The van der Waals surface area contributed by atoms with Gasteiger partial charge in [-0.2, -0.15) is 0 Å². The summed E-state index contributed by atoms with van der Waals surface area (Å²) in [6.45, 7) is 4.79. The van der Waals surface area contributed by atoms with Crippen LogP contribution in [0.2, 0.25) is 0 Å². The summed E-state index contributed by atoms with van der Waals surface area (Å²) in [5, 5.41) is 21.5. The first-order valence-electron chi connectivity index (χ1n) is 7.83. The molecule has 116 valence electrons. The third-order valence-electron chi connectivity index (χ3n) is 4.41. The largest absolute Gasteiger partial charge is 0.508 e. The van der Waals surface area contributed by atoms with Gasteiger partial charge in [0.1, 0.15) is 5.75 Å². The Kier molecular flexibility index (Phi) is 3.42. The van der Waals surface area contributed by atoms with Gasteiger partial charge in [0, 0.05) is 31.9 Å². The molecular formula is C15H20N6O. The van der Waals surface area contributed by atoms with Gasteiger partial charge in [-0.1, -0.05) is 0 Å². The zero-order valence-electron chi connectivity index (χ0n) is 12.5. The number of aromatic nitrogens is 4. The molecule has 1 aromatic carbocycles. The number of hydrogen-bond donors (Lipinski definition) is 1. The number of anilines is 1. The summed E-state index contributed by atoms with van der Waals surface area (Å²) in [5.74, 6) is 1.30. The molecule has 1 aliphatic carbocycles. The standard InChI is InChI=1S/C15H20N6O/c22-14-5-3-12(4-6-14)20-9-7-19(8-10-20)11-15-16-17-18-21(15)13-1-2-13/h3-6,13,22H,1-2,7-11H2. The number of piperazine rings is 1. The SMILES string of the molecule is Oc1ccc(N2CCN(Cc3nnnn3C3CC3)CC2)cc1. The van der Waals surface area contributed by atoms with Crippen molar-refractivity contribution in [2.45, 2.75) is 25.4 Å². The van der Waals surface area contributed by atoms with Gasteiger partial charge in [0.2, 0.25) is 0 Å². The van der Waals surface area contributed by atoms with Crippen molar-refractivity contribution in [2.24, 2.45) is 0 Å². The maximum absolute atomic E-state index is 9.37. The van der Waals surface area contributed by atoms with E-state index in [1.165, 1.54) is 18.5 Å². The van der Waals surface area contributed by atoms with Crippen LogP contribution in [0.15, 0.2) is 24.3 Å². The highest BCUT2D eigenvalue weighted by Crippen LogP contribution is 2.34. The Balaban J connectivity index is 1.35. The Bertz CT molecular complexity index is 628. The highest BCUT2D eigenvalue weighted by Gasteiger charge is 2.28. The van der Waals surface area contributed by atoms with Crippen LogP contribution in [0.1, 0.15) is 24.7 Å². The summed E-state index contributed by atoms with van der Waals surface area (Å²) < 4.78 is 1.99. The molecule has 1 saturated carbocycles. The second-order valence-electron chi connectivity index (χ2n) is 6.05. The van der Waals surface area contributed by atoms with Gasteiger partial charge in [0.15, 0.2) is 5.82 Å². The number of benzene rings is 1. The molecule has 22 heavy (non-hydrogen) atoms. The number of phenols is 1. The van der Waals surface area contributed by atoms with Crippen molar-refractivity contribution in [1.82, 2.24) is 25.1 Å². The van der Waals surface area contributed by atoms with Crippen molar-refractivity contribution >= 4 is 5.69 Å². The van der Waals surface area contributed by atoms with Crippen LogP contribution >= 0.6 is 0 Å². The van der Waals surface area contributed by atoms with Gasteiger partial charge in [0.05, 0.1) is 12.6 Å². The molecule has 7 heteroatoms. The molecule has 0 unspecified atom stereocenters. The summed E-state index contributed by atoms with van der Waals surface area (Å²) in [4.78, 5) is 4.75. The third kappa shape index (κ3) is 2.76. The lowest BCUT2D eigenvalue weighted by Crippen LogP contribution is -2.46. The second-order valence-corrected chi connectivity index (χ2v) is 6.05. The fourth-order valence-electron chi connectivity index (χ4n) is 2.95. The van der Waals surface area contributed by atoms with Crippen LogP contribution in [-0.2, 0) is 6.54 Å². The maximum atomic E-state index is 9.37. The van der Waals surface area contributed by atoms with Crippen LogP contribution in [0, 0.1) is 0 Å². The lowest BCUT2D eigenvalue weighted by atomic mass is 10.2. The molecule has 1 saturated heterocycles. The van der Waals surface area contributed by atoms with Gasteiger partial charge in [-0.15, -0.1) is 5.10 Å². The van der Waals surface area contributed by atoms with E-state index in [0.29, 0.717) is 11.8 Å². The molecule has 1 aromatic heterocycles. The van der Waals surface area contributed by atoms with Gasteiger partial charge in [-0.05, 0) is 47.5 Å². The molecule has 0 atom stereocenters. The molecule has 0 spiro atoms. The van der Waals surface area contributed by atoms with Crippen molar-refractivity contribution in [1.29, 1.82) is 0 Å². The van der Waals surface area contributed by atoms with Gasteiger partial charge >= 0.3 is 0 Å². The number of tetrazole rings is 1. The van der Waals surface area contributed by atoms with Crippen molar-refractivity contribution in [2.75, 3.05) is 31.1 Å². The predicted molar refractivity (Wildman–Crippen MR) is 81.7 cm³/mol. The third-order valence-corrected chi connectivity index (χ3v) is 4.41. The van der Waals surface area contributed by atoms with E-state index < -0.39 is 0 Å². The van der Waals surface area contributed by atoms with E-state index in [9.17, 15) is 5.11 Å². The molecule has 1 aliphatic heterocycles. The number of nitrogens with zero attached hydrogens (tertiary/aromatic N) is 6. The Hall–Kier alpha value is -2.15. The van der Waals surface area contributed by atoms with Crippen LogP contribution in [0.4, 0.5) is 5.69 Å². The van der Waals surface area contributed by atoms with E-state index in [-0.39, 0.29) is 0 Å². The second kappa shape index (κ2) is 5.57. The van der Waals surface area contributed by atoms with Crippen molar-refractivity contribution < 1.29 is 5.11 Å². The van der Waals surface area contributed by atoms with E-state index in [2.05, 4.69) is 25.3 Å². The first-order valence-corrected chi connectivity index (χ1v) is 7.83. The fourth-order valence-corrected chi connectivity index (χ4v) is 2.95. The van der Waals surface area contributed by atoms with Crippen LogP contribution in [0.3, 0.4) is 0 Å². The minimum Gasteiger partial charge on any atom is -0.508 e. The Morgan fingerprint density at radius 1 is 1.05 bits per heavy atom. The zero-order chi connectivity index (χ0) is 14.9. The molecule has 2 fully saturated rings. The minimum atomic E-state index is 0.314. The first-order chi connectivity index (χ1) is 10.8. The number of phenolic OH excluding ortho intramolecular Hbond substituents is 1. The smallest absolute Gasteiger partial charge is 0.165 e. The molecule has 2 heterocycles. The highest BCUT2D eigenvalue weighted by atomic mass is 16.3. The van der Waals surface area contributed by atoms with E-state index in [1.54, 1.807) is 12.1 Å². The number of hydrogen-bond acceptors (Lipinski definition) is 6. The van der Waals surface area contributed by atoms with Crippen LogP contribution in [-0.4, -0.2) is 56.4 Å². The normalized spacial score (nSPS) is 19.5. The maximum Gasteiger partial charge on any atom is 0.165 e. The van der Waals surface area contributed by atoms with Gasteiger partial charge in [-0.3, -0.25) is 4.90 Å². The summed E-state index contributed by atoms with van der Waals surface area (Å²) in [6, 6.07) is 7.96. The molecule has 7 nitrogen and oxygen atoms in total. The molecule has 2 aliphatic rings. The summed E-state index contributed by atoms with van der Waals surface area (Å²) >= 11 is 0. The lowest BCUT2D eigenvalue weighted by molar-refractivity contribution is 0.239. The Morgan fingerprint density at radius 3 is 2.45 bits per heavy atom. The minimum absolute atomic E-state index is 0.314. The van der Waals surface area contributed by atoms with E-state index >= 15 is 0 Å². The highest BCUT2D eigenvalue weighted by molar-refractivity contribution is 5.49. The van der Waals surface area contributed by atoms with E-state index in [4.69, 9.17) is 0 Å². The average molecular weight is 300 g/mol. The molecule has 2 aromatic rings. The molecule has 1 N–H and O–H groups in total. The Labute approximate surface area is 129 Å². The topological polar surface area (TPSA) is 70.3 Å². The molecule has 4 rings (SSSR count). The monoisotopic (exact) mass is 300 g/mol. The van der Waals surface area contributed by atoms with Crippen LogP contribution in [0.25, 0.3) is 0 Å². The van der Waals surface area contributed by atoms with E-state index in [1.807, 2.05) is 16.8 Å². The van der Waals surface area contributed by atoms with Crippen LogP contribution < -0.4 is 4.90 Å². The molecular weight excluding hydrogens is 280 g/mol.